The molecule has 0 aromatic carbocycles. The van der Waals surface area contributed by atoms with Gasteiger partial charge >= 0.3 is 5.97 Å². The zero-order valence-corrected chi connectivity index (χ0v) is 12.3. The lowest BCUT2D eigenvalue weighted by molar-refractivity contribution is -0.145. The maximum absolute atomic E-state index is 12.1. The van der Waals surface area contributed by atoms with Gasteiger partial charge in [0.25, 0.3) is 0 Å². The van der Waals surface area contributed by atoms with Gasteiger partial charge in [-0.15, -0.1) is 0 Å². The van der Waals surface area contributed by atoms with Crippen LogP contribution < -0.4 is 5.32 Å². The molecule has 1 atom stereocenters. The molecule has 0 amide bonds. The first kappa shape index (κ1) is 14.8. The van der Waals surface area contributed by atoms with Crippen molar-refractivity contribution in [2.75, 3.05) is 7.11 Å². The van der Waals surface area contributed by atoms with E-state index in [4.69, 9.17) is 4.74 Å². The molecule has 19 heavy (non-hydrogen) atoms. The number of ether oxygens (including phenoxy) is 1. The van der Waals surface area contributed by atoms with Crippen LogP contribution in [0, 0.1) is 5.92 Å². The molecule has 1 unspecified atom stereocenters. The van der Waals surface area contributed by atoms with Gasteiger partial charge in [0.2, 0.25) is 0 Å². The van der Waals surface area contributed by atoms with E-state index in [-0.39, 0.29) is 12.0 Å². The summed E-state index contributed by atoms with van der Waals surface area (Å²) in [6, 6.07) is 0.465. The Labute approximate surface area is 117 Å². The number of hydrogen-bond acceptors (Lipinski definition) is 3. The van der Waals surface area contributed by atoms with E-state index >= 15 is 0 Å². The van der Waals surface area contributed by atoms with E-state index in [1.54, 1.807) is 0 Å². The Morgan fingerprint density at radius 1 is 0.947 bits per heavy atom. The monoisotopic (exact) mass is 267 g/mol. The average Bonchev–Trinajstić information content (AvgIpc) is 2.74. The van der Waals surface area contributed by atoms with Crippen molar-refractivity contribution in [3.63, 3.8) is 0 Å². The van der Waals surface area contributed by atoms with Crippen molar-refractivity contribution >= 4 is 5.97 Å². The van der Waals surface area contributed by atoms with Gasteiger partial charge in [0, 0.05) is 6.04 Å². The molecule has 2 rings (SSSR count). The SMILES string of the molecule is COC(=O)C(NC1CCCCC1)C1CCCCCC1. The van der Waals surface area contributed by atoms with E-state index in [1.165, 1.54) is 77.7 Å². The Kier molecular flexibility index (Phi) is 6.15. The molecule has 0 aromatic rings. The number of carbonyl (C=O) groups excluding carboxylic acids is 1. The van der Waals surface area contributed by atoms with Crippen molar-refractivity contribution in [1.82, 2.24) is 5.32 Å². The molecular formula is C16H29NO2. The summed E-state index contributed by atoms with van der Waals surface area (Å²) in [5.41, 5.74) is 0. The lowest BCUT2D eigenvalue weighted by atomic mass is 9.89. The second-order valence-electron chi connectivity index (χ2n) is 6.25. The Morgan fingerprint density at radius 2 is 1.47 bits per heavy atom. The quantitative estimate of drug-likeness (QED) is 0.626. The molecule has 3 nitrogen and oxygen atoms in total. The number of methoxy groups -OCH3 is 1. The van der Waals surface area contributed by atoms with Crippen LogP contribution in [0.3, 0.4) is 0 Å². The zero-order chi connectivity index (χ0) is 13.5. The second-order valence-corrected chi connectivity index (χ2v) is 6.25. The summed E-state index contributed by atoms with van der Waals surface area (Å²) in [7, 11) is 1.52. The van der Waals surface area contributed by atoms with Crippen LogP contribution in [0.2, 0.25) is 0 Å². The van der Waals surface area contributed by atoms with Gasteiger partial charge in [-0.3, -0.25) is 4.79 Å². The fourth-order valence-corrected chi connectivity index (χ4v) is 3.69. The molecule has 2 aliphatic rings. The second kappa shape index (κ2) is 7.88. The molecule has 0 aromatic heterocycles. The van der Waals surface area contributed by atoms with Crippen LogP contribution in [0.1, 0.15) is 70.6 Å². The minimum absolute atomic E-state index is 0.0440. The van der Waals surface area contributed by atoms with Gasteiger partial charge in [0.15, 0.2) is 0 Å². The Morgan fingerprint density at radius 3 is 2.05 bits per heavy atom. The van der Waals surface area contributed by atoms with Crippen LogP contribution in [0.15, 0.2) is 0 Å². The van der Waals surface area contributed by atoms with E-state index in [0.29, 0.717) is 12.0 Å². The maximum Gasteiger partial charge on any atom is 0.323 e. The van der Waals surface area contributed by atoms with Gasteiger partial charge in [0.05, 0.1) is 7.11 Å². The number of nitrogens with one attached hydrogen (secondary N) is 1. The molecule has 0 radical (unpaired) electrons. The molecule has 110 valence electrons. The van der Waals surface area contributed by atoms with Gasteiger partial charge in [0.1, 0.15) is 6.04 Å². The van der Waals surface area contributed by atoms with Gasteiger partial charge in [-0.05, 0) is 31.6 Å². The molecule has 0 bridgehead atoms. The highest BCUT2D eigenvalue weighted by molar-refractivity contribution is 5.76. The van der Waals surface area contributed by atoms with Crippen LogP contribution in [0.25, 0.3) is 0 Å². The highest BCUT2D eigenvalue weighted by Crippen LogP contribution is 2.27. The molecule has 2 aliphatic carbocycles. The Bertz CT molecular complexity index is 266. The first-order valence-corrected chi connectivity index (χ1v) is 8.15. The van der Waals surface area contributed by atoms with Crippen molar-refractivity contribution in [2.24, 2.45) is 5.92 Å². The molecule has 2 saturated carbocycles. The van der Waals surface area contributed by atoms with Crippen LogP contribution in [-0.2, 0) is 9.53 Å². The number of rotatable bonds is 4. The summed E-state index contributed by atoms with van der Waals surface area (Å²) >= 11 is 0. The summed E-state index contributed by atoms with van der Waals surface area (Å²) in [6.07, 6.45) is 14.0. The van der Waals surface area contributed by atoms with Crippen molar-refractivity contribution in [2.45, 2.75) is 82.7 Å². The van der Waals surface area contributed by atoms with Crippen molar-refractivity contribution in [3.8, 4) is 0 Å². The Hall–Kier alpha value is -0.570. The molecular weight excluding hydrogens is 238 g/mol. The van der Waals surface area contributed by atoms with Crippen molar-refractivity contribution in [3.05, 3.63) is 0 Å². The molecule has 1 N–H and O–H groups in total. The lowest BCUT2D eigenvalue weighted by Crippen LogP contribution is -2.49. The third kappa shape index (κ3) is 4.48. The summed E-state index contributed by atoms with van der Waals surface area (Å²) < 4.78 is 5.05. The maximum atomic E-state index is 12.1. The normalized spacial score (nSPS) is 24.7. The fraction of sp³-hybridized carbons (Fsp3) is 0.938. The molecule has 0 saturated heterocycles. The number of carbonyl (C=O) groups is 1. The molecule has 2 fully saturated rings. The zero-order valence-electron chi connectivity index (χ0n) is 12.3. The van der Waals surface area contributed by atoms with E-state index in [1.807, 2.05) is 0 Å². The standard InChI is InChI=1S/C16H29NO2/c1-19-16(18)15(13-9-5-2-3-6-10-13)17-14-11-7-4-8-12-14/h13-15,17H,2-12H2,1H3. The van der Waals surface area contributed by atoms with Crippen molar-refractivity contribution < 1.29 is 9.53 Å². The summed E-state index contributed by atoms with van der Waals surface area (Å²) in [6.45, 7) is 0. The lowest BCUT2D eigenvalue weighted by Gasteiger charge is -2.31. The largest absolute Gasteiger partial charge is 0.468 e. The fourth-order valence-electron chi connectivity index (χ4n) is 3.69. The van der Waals surface area contributed by atoms with Crippen molar-refractivity contribution in [1.29, 1.82) is 0 Å². The van der Waals surface area contributed by atoms with Gasteiger partial charge in [-0.2, -0.15) is 0 Å². The number of esters is 1. The minimum atomic E-state index is -0.0637. The van der Waals surface area contributed by atoms with Crippen LogP contribution >= 0.6 is 0 Å². The third-order valence-electron chi connectivity index (χ3n) is 4.85. The summed E-state index contributed by atoms with van der Waals surface area (Å²) in [5.74, 6) is 0.439. The van der Waals surface area contributed by atoms with E-state index in [9.17, 15) is 4.79 Å². The smallest absolute Gasteiger partial charge is 0.323 e. The molecule has 0 heterocycles. The summed E-state index contributed by atoms with van der Waals surface area (Å²) in [4.78, 5) is 12.1. The third-order valence-corrected chi connectivity index (χ3v) is 4.85. The first-order chi connectivity index (χ1) is 9.31. The van der Waals surface area contributed by atoms with E-state index in [2.05, 4.69) is 5.32 Å². The Balaban J connectivity index is 1.95. The van der Waals surface area contributed by atoms with Crippen LogP contribution in [-0.4, -0.2) is 25.2 Å². The highest BCUT2D eigenvalue weighted by Gasteiger charge is 2.31. The highest BCUT2D eigenvalue weighted by atomic mass is 16.5. The average molecular weight is 267 g/mol. The molecule has 0 aliphatic heterocycles. The molecule has 0 spiro atoms. The first-order valence-electron chi connectivity index (χ1n) is 8.15. The predicted octanol–water partition coefficient (Wildman–Crippen LogP) is 3.42. The van der Waals surface area contributed by atoms with Gasteiger partial charge < -0.3 is 10.1 Å². The van der Waals surface area contributed by atoms with Crippen LogP contribution in [0.5, 0.6) is 0 Å². The predicted molar refractivity (Wildman–Crippen MR) is 77.0 cm³/mol. The topological polar surface area (TPSA) is 38.3 Å². The molecule has 3 heteroatoms. The van der Waals surface area contributed by atoms with E-state index in [0.717, 1.165) is 0 Å². The number of hydrogen-bond donors (Lipinski definition) is 1. The van der Waals surface area contributed by atoms with Gasteiger partial charge in [-0.1, -0.05) is 44.9 Å². The van der Waals surface area contributed by atoms with Crippen LogP contribution in [0.4, 0.5) is 0 Å². The summed E-state index contributed by atoms with van der Waals surface area (Å²) in [5, 5.41) is 3.63. The minimum Gasteiger partial charge on any atom is -0.468 e. The van der Waals surface area contributed by atoms with Gasteiger partial charge in [-0.25, -0.2) is 0 Å². The van der Waals surface area contributed by atoms with E-state index < -0.39 is 0 Å².